The Kier molecular flexibility index (Phi) is 6.45. The van der Waals surface area contributed by atoms with Crippen molar-refractivity contribution in [1.82, 2.24) is 14.9 Å². The molecule has 1 heterocycles. The molecule has 6 heteroatoms. The van der Waals surface area contributed by atoms with Gasteiger partial charge >= 0.3 is 5.69 Å². The summed E-state index contributed by atoms with van der Waals surface area (Å²) in [5, 5.41) is 3.40. The van der Waals surface area contributed by atoms with Crippen molar-refractivity contribution in [3.8, 4) is 16.9 Å². The number of rotatable bonds is 8. The summed E-state index contributed by atoms with van der Waals surface area (Å²) in [5.41, 5.74) is 3.95. The van der Waals surface area contributed by atoms with Crippen LogP contribution in [0.2, 0.25) is 0 Å². The minimum atomic E-state index is -0.375. The third-order valence-electron chi connectivity index (χ3n) is 4.70. The van der Waals surface area contributed by atoms with Crippen LogP contribution in [0.4, 0.5) is 0 Å². The zero-order valence-corrected chi connectivity index (χ0v) is 16.2. The Balaban J connectivity index is 1.62. The molecule has 2 aromatic carbocycles. The quantitative estimate of drug-likeness (QED) is 0.590. The molecule has 0 saturated carbocycles. The van der Waals surface area contributed by atoms with Crippen LogP contribution in [0.25, 0.3) is 11.1 Å². The van der Waals surface area contributed by atoms with E-state index in [4.69, 9.17) is 4.74 Å². The summed E-state index contributed by atoms with van der Waals surface area (Å²) in [7, 11) is 1.68. The average molecular weight is 379 g/mol. The first-order valence-electron chi connectivity index (χ1n) is 9.32. The van der Waals surface area contributed by atoms with E-state index >= 15 is 0 Å². The lowest BCUT2D eigenvalue weighted by atomic mass is 9.98. The molecule has 0 spiro atoms. The Morgan fingerprint density at radius 1 is 1.11 bits per heavy atom. The van der Waals surface area contributed by atoms with Gasteiger partial charge in [0.05, 0.1) is 7.11 Å². The summed E-state index contributed by atoms with van der Waals surface area (Å²) in [6.07, 6.45) is 2.29. The number of aromatic nitrogens is 2. The van der Waals surface area contributed by atoms with Gasteiger partial charge in [-0.05, 0) is 48.7 Å². The van der Waals surface area contributed by atoms with E-state index in [9.17, 15) is 9.59 Å². The molecule has 0 aliphatic rings. The maximum Gasteiger partial charge on any atom is 0.328 e. The number of hydrogen-bond donors (Lipinski definition) is 2. The largest absolute Gasteiger partial charge is 0.496 e. The highest BCUT2D eigenvalue weighted by atomic mass is 16.5. The zero-order valence-electron chi connectivity index (χ0n) is 16.2. The molecule has 0 aliphatic carbocycles. The van der Waals surface area contributed by atoms with Gasteiger partial charge in [-0.1, -0.05) is 30.3 Å². The number of hydrogen-bond acceptors (Lipinski definition) is 4. The molecule has 1 aromatic heterocycles. The van der Waals surface area contributed by atoms with Crippen molar-refractivity contribution in [1.29, 1.82) is 0 Å². The van der Waals surface area contributed by atoms with Gasteiger partial charge in [0.1, 0.15) is 5.75 Å². The van der Waals surface area contributed by atoms with Crippen molar-refractivity contribution in [3.05, 3.63) is 86.7 Å². The predicted molar refractivity (Wildman–Crippen MR) is 111 cm³/mol. The van der Waals surface area contributed by atoms with Gasteiger partial charge in [0.2, 0.25) is 0 Å². The molecule has 0 saturated heterocycles. The van der Waals surface area contributed by atoms with Crippen molar-refractivity contribution < 1.29 is 4.74 Å². The van der Waals surface area contributed by atoms with Crippen LogP contribution in [-0.4, -0.2) is 23.2 Å². The molecular formula is C22H25N3O3. The summed E-state index contributed by atoms with van der Waals surface area (Å²) >= 11 is 0. The highest BCUT2D eigenvalue weighted by Gasteiger charge is 2.07. The van der Waals surface area contributed by atoms with Gasteiger partial charge < -0.3 is 14.6 Å². The van der Waals surface area contributed by atoms with Crippen LogP contribution in [0.15, 0.2) is 64.3 Å². The van der Waals surface area contributed by atoms with Gasteiger partial charge in [-0.25, -0.2) is 4.79 Å². The van der Waals surface area contributed by atoms with Crippen molar-refractivity contribution in [3.63, 3.8) is 0 Å². The molecular weight excluding hydrogens is 354 g/mol. The number of methoxy groups -OCH3 is 1. The Bertz CT molecular complexity index is 1050. The number of aromatic amines is 1. The first kappa shape index (κ1) is 19.6. The van der Waals surface area contributed by atoms with E-state index in [0.29, 0.717) is 13.1 Å². The number of H-pyrrole nitrogens is 1. The number of aryl methyl sites for hydroxylation is 2. The number of nitrogens with zero attached hydrogens (tertiary/aromatic N) is 1. The van der Waals surface area contributed by atoms with E-state index in [1.54, 1.807) is 7.11 Å². The number of nitrogens with one attached hydrogen (secondary N) is 2. The van der Waals surface area contributed by atoms with Crippen LogP contribution >= 0.6 is 0 Å². The Morgan fingerprint density at radius 3 is 2.68 bits per heavy atom. The minimum absolute atomic E-state index is 0.375. The fourth-order valence-corrected chi connectivity index (χ4v) is 3.20. The second kappa shape index (κ2) is 9.19. The molecule has 2 N–H and O–H groups in total. The molecule has 146 valence electrons. The monoisotopic (exact) mass is 379 g/mol. The van der Waals surface area contributed by atoms with Crippen LogP contribution in [0, 0.1) is 6.92 Å². The highest BCUT2D eigenvalue weighted by Crippen LogP contribution is 2.28. The standard InChI is InChI=1S/C22H25N3O3/c1-16-6-3-4-7-19(16)17-8-9-20(28-2)18(14-17)15-23-11-5-12-25-13-10-21(26)24-22(25)27/h3-4,6-10,13-14,23H,5,11-12,15H2,1-2H3,(H,24,26,27). The minimum Gasteiger partial charge on any atom is -0.496 e. The molecule has 0 amide bonds. The van der Waals surface area contributed by atoms with E-state index < -0.39 is 0 Å². The number of benzene rings is 2. The SMILES string of the molecule is COc1ccc(-c2ccccc2C)cc1CNCCCn1ccc(=O)[nH]c1=O. The van der Waals surface area contributed by atoms with Crippen molar-refractivity contribution in [2.75, 3.05) is 13.7 Å². The maximum atomic E-state index is 11.7. The third kappa shape index (κ3) is 4.78. The summed E-state index contributed by atoms with van der Waals surface area (Å²) in [6.45, 7) is 4.06. The van der Waals surface area contributed by atoms with E-state index in [-0.39, 0.29) is 11.2 Å². The van der Waals surface area contributed by atoms with Crippen molar-refractivity contribution in [2.45, 2.75) is 26.4 Å². The molecule has 6 nitrogen and oxygen atoms in total. The van der Waals surface area contributed by atoms with E-state index in [1.165, 1.54) is 28.0 Å². The summed E-state index contributed by atoms with van der Waals surface area (Å²) in [4.78, 5) is 25.0. The van der Waals surface area contributed by atoms with Crippen LogP contribution in [0.1, 0.15) is 17.5 Å². The molecule has 0 aliphatic heterocycles. The molecule has 28 heavy (non-hydrogen) atoms. The highest BCUT2D eigenvalue weighted by molar-refractivity contribution is 5.68. The lowest BCUT2D eigenvalue weighted by Crippen LogP contribution is -2.29. The molecule has 3 aromatic rings. The predicted octanol–water partition coefficient (Wildman–Crippen LogP) is 2.70. The summed E-state index contributed by atoms with van der Waals surface area (Å²) in [6, 6.07) is 15.9. The number of ether oxygens (including phenoxy) is 1. The molecule has 0 bridgehead atoms. The Hall–Kier alpha value is -3.12. The van der Waals surface area contributed by atoms with Gasteiger partial charge in [-0.3, -0.25) is 9.78 Å². The maximum absolute atomic E-state index is 11.7. The van der Waals surface area contributed by atoms with E-state index in [0.717, 1.165) is 29.8 Å². The van der Waals surface area contributed by atoms with Crippen LogP contribution in [0.3, 0.4) is 0 Å². The van der Waals surface area contributed by atoms with Crippen molar-refractivity contribution >= 4 is 0 Å². The fraction of sp³-hybridized carbons (Fsp3) is 0.273. The third-order valence-corrected chi connectivity index (χ3v) is 4.70. The molecule has 0 radical (unpaired) electrons. The molecule has 3 rings (SSSR count). The molecule has 0 fully saturated rings. The summed E-state index contributed by atoms with van der Waals surface area (Å²) < 4.78 is 7.00. The Labute approximate surface area is 163 Å². The second-order valence-electron chi connectivity index (χ2n) is 6.68. The van der Waals surface area contributed by atoms with Gasteiger partial charge in [-0.15, -0.1) is 0 Å². The second-order valence-corrected chi connectivity index (χ2v) is 6.68. The molecule has 0 atom stereocenters. The Morgan fingerprint density at radius 2 is 1.93 bits per heavy atom. The van der Waals surface area contributed by atoms with Gasteiger partial charge in [0, 0.05) is 30.9 Å². The van der Waals surface area contributed by atoms with E-state index in [1.807, 2.05) is 18.2 Å². The average Bonchev–Trinajstić information content (AvgIpc) is 2.69. The fourth-order valence-electron chi connectivity index (χ4n) is 3.20. The zero-order chi connectivity index (χ0) is 19.9. The lowest BCUT2D eigenvalue weighted by Gasteiger charge is -2.13. The molecule has 0 unspecified atom stereocenters. The van der Waals surface area contributed by atoms with Crippen molar-refractivity contribution in [2.24, 2.45) is 0 Å². The van der Waals surface area contributed by atoms with Gasteiger partial charge in [-0.2, -0.15) is 0 Å². The van der Waals surface area contributed by atoms with E-state index in [2.05, 4.69) is 41.5 Å². The summed E-state index contributed by atoms with van der Waals surface area (Å²) in [5.74, 6) is 0.849. The van der Waals surface area contributed by atoms with Crippen LogP contribution in [-0.2, 0) is 13.1 Å². The first-order valence-corrected chi connectivity index (χ1v) is 9.32. The van der Waals surface area contributed by atoms with Crippen LogP contribution < -0.4 is 21.3 Å². The van der Waals surface area contributed by atoms with Gasteiger partial charge in [0.25, 0.3) is 5.56 Å². The first-order chi connectivity index (χ1) is 13.6. The smallest absolute Gasteiger partial charge is 0.328 e. The normalized spacial score (nSPS) is 10.8. The topological polar surface area (TPSA) is 76.1 Å². The van der Waals surface area contributed by atoms with Crippen LogP contribution in [0.5, 0.6) is 5.75 Å². The lowest BCUT2D eigenvalue weighted by molar-refractivity contribution is 0.407. The van der Waals surface area contributed by atoms with Gasteiger partial charge in [0.15, 0.2) is 0 Å².